The molecular weight excluding hydrogens is 834 g/mol. The average Bonchev–Trinajstić information content (AvgIpc) is 3.13. The van der Waals surface area contributed by atoms with Crippen LogP contribution in [-0.4, -0.2) is 56.5 Å². The molecule has 11 nitrogen and oxygen atoms in total. The number of nitrogen functional groups attached to an aromatic ring is 1. The minimum Gasteiger partial charge on any atom is -0.399 e. The molecule has 1 atom stereocenters. The van der Waals surface area contributed by atoms with Crippen LogP contribution in [0.3, 0.4) is 0 Å². The van der Waals surface area contributed by atoms with Crippen LogP contribution in [0, 0.1) is 25.5 Å². The van der Waals surface area contributed by atoms with E-state index in [9.17, 15) is 23.2 Å². The SMILES string of the molecule is CC.Cc1cnc(Cl)nc1C.Nc1ccc(N2CCN(C(=O)c3cc(Cn4c(=O)[nH]c(=O)c5c(F)cccc54)ccc3F)CC2)cc1.POSI. The number of amides is 1. The van der Waals surface area contributed by atoms with Gasteiger partial charge in [0, 0.05) is 80.1 Å². The van der Waals surface area contributed by atoms with Crippen molar-refractivity contribution in [1.82, 2.24) is 24.4 Å². The standard InChI is InChI=1S/C26H23F2N5O3.C6H7ClN2.C2H6.H2IOPS/c27-20-9-4-16(15-33-22-3-1-2-21(28)23(22)24(34)30-26(33)36)14-19(20)25(35)32-12-10-31(11-13-32)18-7-5-17(29)6-8-18;1-4-3-8-6(7)9-5(4)2;1-2;1-4-2-3/h1-9,14H,10-13,15,29H2,(H,30,34,36);3H,1-2H3;1-2H3;3H2. The Balaban J connectivity index is 0.000000393. The molecule has 1 amide bonds. The molecule has 51 heavy (non-hydrogen) atoms. The zero-order valence-corrected chi connectivity index (χ0v) is 33.2. The van der Waals surface area contributed by atoms with Gasteiger partial charge in [0.2, 0.25) is 5.28 Å². The van der Waals surface area contributed by atoms with Gasteiger partial charge in [-0.25, -0.2) is 23.5 Å². The Morgan fingerprint density at radius 3 is 2.27 bits per heavy atom. The number of piperazine rings is 1. The lowest BCUT2D eigenvalue weighted by Crippen LogP contribution is -2.49. The summed E-state index contributed by atoms with van der Waals surface area (Å²) in [5, 5.41) is 0.0765. The summed E-state index contributed by atoms with van der Waals surface area (Å²) in [6.45, 7) is 9.77. The third kappa shape index (κ3) is 11.4. The number of benzene rings is 3. The van der Waals surface area contributed by atoms with E-state index in [1.165, 1.54) is 44.1 Å². The molecule has 1 aliphatic heterocycles. The molecule has 1 fully saturated rings. The number of nitrogens with one attached hydrogen (secondary N) is 1. The van der Waals surface area contributed by atoms with E-state index in [4.69, 9.17) is 17.3 Å². The normalized spacial score (nSPS) is 12.2. The van der Waals surface area contributed by atoms with Crippen molar-refractivity contribution >= 4 is 79.7 Å². The Labute approximate surface area is 318 Å². The average molecular weight is 872 g/mol. The van der Waals surface area contributed by atoms with Gasteiger partial charge in [0.1, 0.15) is 11.6 Å². The maximum atomic E-state index is 14.7. The van der Waals surface area contributed by atoms with E-state index in [1.807, 2.05) is 73.2 Å². The summed E-state index contributed by atoms with van der Waals surface area (Å²) < 4.78 is 34.5. The Bertz CT molecular complexity index is 2050. The second kappa shape index (κ2) is 20.4. The van der Waals surface area contributed by atoms with Gasteiger partial charge < -0.3 is 15.5 Å². The molecule has 0 spiro atoms. The first-order valence-corrected chi connectivity index (χ1v) is 19.8. The topological polar surface area (TPSA) is 139 Å². The van der Waals surface area contributed by atoms with Crippen molar-refractivity contribution < 1.29 is 17.5 Å². The number of anilines is 2. The van der Waals surface area contributed by atoms with Gasteiger partial charge >= 0.3 is 5.69 Å². The third-order valence-electron chi connectivity index (χ3n) is 7.63. The van der Waals surface area contributed by atoms with Gasteiger partial charge in [0.05, 0.1) is 32.2 Å². The zero-order valence-electron chi connectivity index (χ0n) is 28.3. The van der Waals surface area contributed by atoms with Gasteiger partial charge in [-0.05, 0) is 85.1 Å². The first-order chi connectivity index (χ1) is 24.4. The maximum Gasteiger partial charge on any atom is 0.329 e. The first-order valence-electron chi connectivity index (χ1n) is 15.6. The molecule has 0 bridgehead atoms. The van der Waals surface area contributed by atoms with E-state index in [0.29, 0.717) is 42.7 Å². The Morgan fingerprint density at radius 1 is 1.04 bits per heavy atom. The number of hydrogen-bond acceptors (Lipinski definition) is 9. The monoisotopic (exact) mass is 871 g/mol. The van der Waals surface area contributed by atoms with Crippen molar-refractivity contribution in [1.29, 1.82) is 0 Å². The molecule has 0 saturated carbocycles. The highest BCUT2D eigenvalue weighted by Gasteiger charge is 2.25. The van der Waals surface area contributed by atoms with E-state index in [0.717, 1.165) is 23.0 Å². The molecule has 0 radical (unpaired) electrons. The molecule has 3 aromatic carbocycles. The fraction of sp³-hybridized carbons (Fsp3) is 0.265. The van der Waals surface area contributed by atoms with Crippen LogP contribution in [0.25, 0.3) is 10.9 Å². The second-order valence-corrected chi connectivity index (χ2v) is 13.0. The van der Waals surface area contributed by atoms with Gasteiger partial charge in [0.15, 0.2) is 0 Å². The van der Waals surface area contributed by atoms with Crippen LogP contribution >= 0.6 is 51.5 Å². The van der Waals surface area contributed by atoms with Crippen LogP contribution in [0.4, 0.5) is 20.2 Å². The lowest BCUT2D eigenvalue weighted by molar-refractivity contribution is 0.0742. The highest BCUT2D eigenvalue weighted by atomic mass is 127. The number of H-pyrrole nitrogens is 1. The predicted molar refractivity (Wildman–Crippen MR) is 214 cm³/mol. The summed E-state index contributed by atoms with van der Waals surface area (Å²) in [7, 11) is 3.40. The summed E-state index contributed by atoms with van der Waals surface area (Å²) >= 11 is 7.52. The molecule has 5 aromatic rings. The molecule has 6 rings (SSSR count). The van der Waals surface area contributed by atoms with Crippen molar-refractivity contribution in [2.24, 2.45) is 0 Å². The predicted octanol–water partition coefficient (Wildman–Crippen LogP) is 7.13. The van der Waals surface area contributed by atoms with E-state index in [-0.39, 0.29) is 23.0 Å². The number of nitrogens with two attached hydrogens (primary N) is 1. The van der Waals surface area contributed by atoms with Crippen molar-refractivity contribution in [3.05, 3.63) is 127 Å². The molecule has 17 heteroatoms. The fourth-order valence-electron chi connectivity index (χ4n) is 5.00. The summed E-state index contributed by atoms with van der Waals surface area (Å²) in [4.78, 5) is 51.3. The van der Waals surface area contributed by atoms with Crippen LogP contribution in [-0.2, 0) is 10.5 Å². The lowest BCUT2D eigenvalue weighted by Gasteiger charge is -2.36. The van der Waals surface area contributed by atoms with E-state index in [2.05, 4.69) is 33.3 Å². The minimum atomic E-state index is -0.822. The highest BCUT2D eigenvalue weighted by Crippen LogP contribution is 2.21. The Morgan fingerprint density at radius 2 is 1.69 bits per heavy atom. The largest absolute Gasteiger partial charge is 0.399 e. The number of rotatable bonds is 5. The maximum absolute atomic E-state index is 14.7. The summed E-state index contributed by atoms with van der Waals surface area (Å²) in [6, 6.07) is 15.5. The van der Waals surface area contributed by atoms with Crippen molar-refractivity contribution in [2.45, 2.75) is 34.2 Å². The summed E-state index contributed by atoms with van der Waals surface area (Å²) in [5.41, 5.74) is 8.34. The van der Waals surface area contributed by atoms with Crippen LogP contribution in [0.15, 0.2) is 76.4 Å². The molecular formula is C34H38ClF2IN7O4PS. The highest BCUT2D eigenvalue weighted by molar-refractivity contribution is 14.2. The number of hydrogen-bond donors (Lipinski definition) is 2. The number of aromatic amines is 1. The van der Waals surface area contributed by atoms with Gasteiger partial charge in [-0.2, -0.15) is 0 Å². The number of aromatic nitrogens is 4. The molecule has 1 aliphatic rings. The van der Waals surface area contributed by atoms with Crippen LogP contribution < -0.4 is 21.9 Å². The zero-order chi connectivity index (χ0) is 37.7. The van der Waals surface area contributed by atoms with Crippen molar-refractivity contribution in [2.75, 3.05) is 36.8 Å². The van der Waals surface area contributed by atoms with Crippen molar-refractivity contribution in [3.8, 4) is 0 Å². The molecule has 3 heterocycles. The second-order valence-electron chi connectivity index (χ2n) is 10.7. The van der Waals surface area contributed by atoms with Gasteiger partial charge in [-0.1, -0.05) is 26.0 Å². The van der Waals surface area contributed by atoms with E-state index in [1.54, 1.807) is 11.1 Å². The van der Waals surface area contributed by atoms with Crippen LogP contribution in [0.2, 0.25) is 5.28 Å². The smallest absolute Gasteiger partial charge is 0.329 e. The number of halogens is 4. The molecule has 1 unspecified atom stereocenters. The number of nitrogens with zero attached hydrogens (tertiary/aromatic N) is 5. The Kier molecular flexibility index (Phi) is 16.7. The molecule has 272 valence electrons. The third-order valence-corrected chi connectivity index (χ3v) is 9.98. The number of carbonyl (C=O) groups excluding carboxylic acids is 1. The molecule has 1 saturated heterocycles. The van der Waals surface area contributed by atoms with Crippen molar-refractivity contribution in [3.63, 3.8) is 0 Å². The number of carbonyl (C=O) groups is 1. The van der Waals surface area contributed by atoms with Gasteiger partial charge in [0.25, 0.3) is 11.5 Å². The Hall–Kier alpha value is -3.63. The van der Waals surface area contributed by atoms with E-state index >= 15 is 0 Å². The molecule has 0 aliphatic carbocycles. The fourth-order valence-corrected chi connectivity index (χ4v) is 5.17. The van der Waals surface area contributed by atoms with E-state index < -0.39 is 28.8 Å². The molecule has 3 N–H and O–H groups in total. The summed E-state index contributed by atoms with van der Waals surface area (Å²) in [5.74, 6) is -1.87. The van der Waals surface area contributed by atoms with Gasteiger partial charge in [-0.3, -0.25) is 23.1 Å². The quantitative estimate of drug-likeness (QED) is 0.0622. The number of fused-ring (bicyclic) bond motifs is 1. The van der Waals surface area contributed by atoms with Crippen LogP contribution in [0.5, 0.6) is 0 Å². The first kappa shape index (κ1) is 41.8. The minimum absolute atomic E-state index is 0.0823. The van der Waals surface area contributed by atoms with Crippen LogP contribution in [0.1, 0.15) is 41.0 Å². The summed E-state index contributed by atoms with van der Waals surface area (Å²) in [6.07, 6.45) is 1.71. The lowest BCUT2D eigenvalue weighted by atomic mass is 10.1. The van der Waals surface area contributed by atoms with Gasteiger partial charge in [-0.15, -0.1) is 0 Å². The number of aryl methyl sites for hydroxylation is 2. The molecule has 2 aromatic heterocycles.